The van der Waals surface area contributed by atoms with E-state index in [2.05, 4.69) is 6.92 Å². The van der Waals surface area contributed by atoms with Crippen LogP contribution >= 0.6 is 0 Å². The lowest BCUT2D eigenvalue weighted by atomic mass is 9.69. The van der Waals surface area contributed by atoms with Gasteiger partial charge in [-0.15, -0.1) is 0 Å². The van der Waals surface area contributed by atoms with Gasteiger partial charge in [-0.3, -0.25) is 4.79 Å². The molecule has 19 heavy (non-hydrogen) atoms. The molecule has 0 aromatic heterocycles. The third-order valence-electron chi connectivity index (χ3n) is 4.89. The fourth-order valence-corrected chi connectivity index (χ4v) is 3.75. The summed E-state index contributed by atoms with van der Waals surface area (Å²) >= 11 is 0. The fourth-order valence-electron chi connectivity index (χ4n) is 3.75. The van der Waals surface area contributed by atoms with E-state index in [9.17, 15) is 9.90 Å². The lowest BCUT2D eigenvalue weighted by molar-refractivity contribution is -0.163. The van der Waals surface area contributed by atoms with Crippen molar-refractivity contribution in [2.75, 3.05) is 6.61 Å². The Hall–Kier alpha value is -0.570. The van der Waals surface area contributed by atoms with Gasteiger partial charge >= 0.3 is 5.97 Å². The van der Waals surface area contributed by atoms with Gasteiger partial charge in [-0.25, -0.2) is 0 Å². The van der Waals surface area contributed by atoms with E-state index in [1.54, 1.807) is 0 Å². The van der Waals surface area contributed by atoms with Gasteiger partial charge in [-0.2, -0.15) is 0 Å². The first-order valence-corrected chi connectivity index (χ1v) is 7.99. The van der Waals surface area contributed by atoms with Gasteiger partial charge in [0, 0.05) is 0 Å². The van der Waals surface area contributed by atoms with Gasteiger partial charge in [0.1, 0.15) is 0 Å². The Morgan fingerprint density at radius 1 is 1.32 bits per heavy atom. The third-order valence-corrected chi connectivity index (χ3v) is 4.89. The van der Waals surface area contributed by atoms with Crippen molar-refractivity contribution in [2.45, 2.75) is 70.8 Å². The van der Waals surface area contributed by atoms with Crippen LogP contribution in [-0.4, -0.2) is 23.3 Å². The number of aliphatic hydroxyl groups is 1. The Morgan fingerprint density at radius 3 is 2.63 bits per heavy atom. The van der Waals surface area contributed by atoms with Crippen LogP contribution in [0.25, 0.3) is 0 Å². The van der Waals surface area contributed by atoms with Gasteiger partial charge in [0.15, 0.2) is 0 Å². The highest BCUT2D eigenvalue weighted by Gasteiger charge is 2.47. The van der Waals surface area contributed by atoms with Gasteiger partial charge in [-0.05, 0) is 57.3 Å². The SMILES string of the molecule is CCCC(C(=O)OCC)C1(O)CCCC(C2CC2)C1. The quantitative estimate of drug-likeness (QED) is 0.752. The fraction of sp³-hybridized carbons (Fsp3) is 0.938. The molecule has 0 bridgehead atoms. The van der Waals surface area contributed by atoms with E-state index >= 15 is 0 Å². The zero-order valence-corrected chi connectivity index (χ0v) is 12.4. The third kappa shape index (κ3) is 3.50. The minimum absolute atomic E-state index is 0.191. The summed E-state index contributed by atoms with van der Waals surface area (Å²) < 4.78 is 5.19. The Bertz CT molecular complexity index is 311. The number of esters is 1. The molecule has 0 saturated heterocycles. The number of ether oxygens (including phenoxy) is 1. The van der Waals surface area contributed by atoms with Crippen molar-refractivity contribution in [3.63, 3.8) is 0 Å². The lowest BCUT2D eigenvalue weighted by Crippen LogP contribution is -2.47. The maximum absolute atomic E-state index is 12.1. The van der Waals surface area contributed by atoms with E-state index in [0.717, 1.165) is 38.0 Å². The summed E-state index contributed by atoms with van der Waals surface area (Å²) in [6, 6.07) is 0. The molecule has 0 aliphatic heterocycles. The number of hydrogen-bond acceptors (Lipinski definition) is 3. The molecule has 1 N–H and O–H groups in total. The maximum atomic E-state index is 12.1. The summed E-state index contributed by atoms with van der Waals surface area (Å²) in [6.07, 6.45) is 8.15. The molecule has 3 atom stereocenters. The number of rotatable bonds is 6. The summed E-state index contributed by atoms with van der Waals surface area (Å²) in [5.41, 5.74) is -0.812. The van der Waals surface area contributed by atoms with Crippen LogP contribution in [0.1, 0.15) is 65.2 Å². The standard InChI is InChI=1S/C16H28O3/c1-3-6-14(15(17)19-4-2)16(18)10-5-7-13(11-16)12-8-9-12/h12-14,18H,3-11H2,1-2H3. The van der Waals surface area contributed by atoms with E-state index < -0.39 is 5.60 Å². The second-order valence-corrected chi connectivity index (χ2v) is 6.39. The van der Waals surface area contributed by atoms with Crippen molar-refractivity contribution < 1.29 is 14.6 Å². The van der Waals surface area contributed by atoms with Crippen LogP contribution in [-0.2, 0) is 9.53 Å². The van der Waals surface area contributed by atoms with E-state index in [0.29, 0.717) is 12.5 Å². The molecule has 2 fully saturated rings. The van der Waals surface area contributed by atoms with Crippen LogP contribution in [0.3, 0.4) is 0 Å². The van der Waals surface area contributed by atoms with Crippen LogP contribution in [0, 0.1) is 17.8 Å². The molecule has 0 heterocycles. The first-order chi connectivity index (χ1) is 9.10. The molecule has 0 radical (unpaired) electrons. The molecule has 3 nitrogen and oxygen atoms in total. The zero-order chi connectivity index (χ0) is 13.9. The minimum atomic E-state index is -0.812. The molecule has 110 valence electrons. The molecular formula is C16H28O3. The summed E-state index contributed by atoms with van der Waals surface area (Å²) in [7, 11) is 0. The average Bonchev–Trinajstić information content (AvgIpc) is 3.20. The van der Waals surface area contributed by atoms with E-state index in [-0.39, 0.29) is 11.9 Å². The molecule has 2 aliphatic carbocycles. The summed E-state index contributed by atoms with van der Waals surface area (Å²) in [4.78, 5) is 12.1. The largest absolute Gasteiger partial charge is 0.466 e. The zero-order valence-electron chi connectivity index (χ0n) is 12.4. The molecule has 2 saturated carbocycles. The lowest BCUT2D eigenvalue weighted by Gasteiger charge is -2.41. The van der Waals surface area contributed by atoms with Crippen molar-refractivity contribution in [3.05, 3.63) is 0 Å². The number of hydrogen-bond donors (Lipinski definition) is 1. The van der Waals surface area contributed by atoms with Crippen molar-refractivity contribution in [1.29, 1.82) is 0 Å². The van der Waals surface area contributed by atoms with Gasteiger partial charge in [0.05, 0.1) is 18.1 Å². The maximum Gasteiger partial charge on any atom is 0.311 e. The van der Waals surface area contributed by atoms with Crippen LogP contribution < -0.4 is 0 Å². The molecule has 0 aromatic carbocycles. The number of carbonyl (C=O) groups excluding carboxylic acids is 1. The van der Waals surface area contributed by atoms with Crippen LogP contribution in [0.15, 0.2) is 0 Å². The smallest absolute Gasteiger partial charge is 0.311 e. The molecule has 0 amide bonds. The predicted molar refractivity (Wildman–Crippen MR) is 74.7 cm³/mol. The number of carbonyl (C=O) groups is 1. The van der Waals surface area contributed by atoms with Crippen molar-refractivity contribution in [1.82, 2.24) is 0 Å². The molecular weight excluding hydrogens is 240 g/mol. The van der Waals surface area contributed by atoms with Crippen molar-refractivity contribution in [3.8, 4) is 0 Å². The molecule has 0 aromatic rings. The summed E-state index contributed by atoms with van der Waals surface area (Å²) in [5.74, 6) is 0.936. The Kier molecular flexibility index (Phi) is 4.88. The van der Waals surface area contributed by atoms with Gasteiger partial charge in [0.2, 0.25) is 0 Å². The van der Waals surface area contributed by atoms with Crippen LogP contribution in [0.4, 0.5) is 0 Å². The van der Waals surface area contributed by atoms with E-state index in [1.807, 2.05) is 6.92 Å². The van der Waals surface area contributed by atoms with Crippen LogP contribution in [0.5, 0.6) is 0 Å². The Labute approximate surface area is 116 Å². The first-order valence-electron chi connectivity index (χ1n) is 7.99. The monoisotopic (exact) mass is 268 g/mol. The molecule has 2 aliphatic rings. The molecule has 3 unspecified atom stereocenters. The highest BCUT2D eigenvalue weighted by Crippen LogP contribution is 2.49. The summed E-state index contributed by atoms with van der Waals surface area (Å²) in [6.45, 7) is 4.30. The van der Waals surface area contributed by atoms with E-state index in [4.69, 9.17) is 4.74 Å². The van der Waals surface area contributed by atoms with Crippen LogP contribution in [0.2, 0.25) is 0 Å². The molecule has 3 heteroatoms. The van der Waals surface area contributed by atoms with Gasteiger partial charge in [0.25, 0.3) is 0 Å². The van der Waals surface area contributed by atoms with E-state index in [1.165, 1.54) is 19.3 Å². The molecule has 2 rings (SSSR count). The van der Waals surface area contributed by atoms with Gasteiger partial charge < -0.3 is 9.84 Å². The summed E-state index contributed by atoms with van der Waals surface area (Å²) in [5, 5.41) is 11.0. The normalized spacial score (nSPS) is 32.9. The Balaban J connectivity index is 2.06. The minimum Gasteiger partial charge on any atom is -0.466 e. The van der Waals surface area contributed by atoms with Crippen molar-refractivity contribution in [2.24, 2.45) is 17.8 Å². The topological polar surface area (TPSA) is 46.5 Å². The highest BCUT2D eigenvalue weighted by molar-refractivity contribution is 5.73. The first kappa shape index (κ1) is 14.8. The average molecular weight is 268 g/mol. The van der Waals surface area contributed by atoms with Gasteiger partial charge in [-0.1, -0.05) is 19.8 Å². The predicted octanol–water partition coefficient (Wildman–Crippen LogP) is 3.30. The second kappa shape index (κ2) is 6.25. The van der Waals surface area contributed by atoms with Crippen molar-refractivity contribution >= 4 is 5.97 Å². The molecule has 0 spiro atoms. The Morgan fingerprint density at radius 2 is 2.05 bits per heavy atom. The highest BCUT2D eigenvalue weighted by atomic mass is 16.5. The second-order valence-electron chi connectivity index (χ2n) is 6.39.